The predicted octanol–water partition coefficient (Wildman–Crippen LogP) is 6.70. The molecule has 1 heterocycles. The van der Waals surface area contributed by atoms with Crippen LogP contribution in [-0.2, 0) is 20.7 Å². The van der Waals surface area contributed by atoms with Crippen LogP contribution in [0, 0.1) is 5.92 Å². The number of aliphatic imine (C=N–C) groups is 1. The fourth-order valence-corrected chi connectivity index (χ4v) is 5.59. The molecule has 3 aromatic carbocycles. The van der Waals surface area contributed by atoms with Gasteiger partial charge in [0.1, 0.15) is 5.92 Å². The average Bonchev–Trinajstić information content (AvgIpc) is 2.89. The van der Waals surface area contributed by atoms with E-state index in [0.717, 1.165) is 22.4 Å². The fourth-order valence-electron chi connectivity index (χ4n) is 5.39. The van der Waals surface area contributed by atoms with Crippen LogP contribution in [0.3, 0.4) is 0 Å². The molecule has 36 heavy (non-hydrogen) atoms. The normalized spacial score (nSPS) is 21.6. The first-order chi connectivity index (χ1) is 17.5. The van der Waals surface area contributed by atoms with Crippen LogP contribution in [0.2, 0.25) is 5.02 Å². The Morgan fingerprint density at radius 1 is 0.944 bits per heavy atom. The molecule has 3 atom stereocenters. The molecule has 0 amide bonds. The zero-order chi connectivity index (χ0) is 25.1. The van der Waals surface area contributed by atoms with Crippen LogP contribution in [0.15, 0.2) is 101 Å². The minimum absolute atomic E-state index is 0.0356. The summed E-state index contributed by atoms with van der Waals surface area (Å²) >= 11 is 6.35. The van der Waals surface area contributed by atoms with Gasteiger partial charge in [0.2, 0.25) is 0 Å². The maximum Gasteiger partial charge on any atom is 0.315 e. The number of allylic oxidation sites excluding steroid dienone is 2. The molecular formula is C31H28ClNO3. The molecule has 5 heteroatoms. The molecule has 0 bridgehead atoms. The minimum atomic E-state index is -0.671. The Morgan fingerprint density at radius 3 is 2.36 bits per heavy atom. The van der Waals surface area contributed by atoms with Crippen molar-refractivity contribution in [2.24, 2.45) is 10.9 Å². The number of nitrogens with zero attached hydrogens (tertiary/aromatic N) is 1. The van der Waals surface area contributed by atoms with Crippen molar-refractivity contribution in [1.29, 1.82) is 0 Å². The summed E-state index contributed by atoms with van der Waals surface area (Å²) in [5.74, 6) is -1.39. The lowest BCUT2D eigenvalue weighted by Gasteiger charge is -2.36. The molecule has 1 aliphatic carbocycles. The van der Waals surface area contributed by atoms with Crippen LogP contribution in [0.4, 0.5) is 0 Å². The first-order valence-electron chi connectivity index (χ1n) is 12.3. The summed E-state index contributed by atoms with van der Waals surface area (Å²) in [5.41, 5.74) is 5.14. The zero-order valence-corrected chi connectivity index (χ0v) is 20.9. The van der Waals surface area contributed by atoms with E-state index in [1.54, 1.807) is 6.07 Å². The van der Waals surface area contributed by atoms with Crippen molar-refractivity contribution in [1.82, 2.24) is 0 Å². The number of Topliss-reactive ketones (excluding diaryl/α,β-unsaturated/α-hetero) is 1. The zero-order valence-electron chi connectivity index (χ0n) is 20.2. The van der Waals surface area contributed by atoms with Gasteiger partial charge in [0, 0.05) is 40.8 Å². The van der Waals surface area contributed by atoms with E-state index in [-0.39, 0.29) is 24.3 Å². The summed E-state index contributed by atoms with van der Waals surface area (Å²) in [4.78, 5) is 31.9. The standard InChI is InChI=1S/C31H28ClNO3/c1-20-28(31(35)36-16-15-21-9-4-2-5-10-21)29(23-13-8-14-25(32)17-23)30-26(33-20)18-24(19-27(30)34)22-11-6-3-7-12-22/h2-14,17,24,28-29H,15-16,18-19H2,1H3/t24-,28?,29+/m1/s1. The van der Waals surface area contributed by atoms with Crippen molar-refractivity contribution >= 4 is 29.1 Å². The maximum absolute atomic E-state index is 13.6. The summed E-state index contributed by atoms with van der Waals surface area (Å²) < 4.78 is 5.76. The van der Waals surface area contributed by atoms with Gasteiger partial charge in [-0.2, -0.15) is 0 Å². The van der Waals surface area contributed by atoms with Gasteiger partial charge in [-0.25, -0.2) is 0 Å². The van der Waals surface area contributed by atoms with Gasteiger partial charge >= 0.3 is 5.97 Å². The van der Waals surface area contributed by atoms with Gasteiger partial charge in [-0.3, -0.25) is 14.6 Å². The van der Waals surface area contributed by atoms with Crippen molar-refractivity contribution in [3.8, 4) is 0 Å². The van der Waals surface area contributed by atoms with Gasteiger partial charge in [-0.1, -0.05) is 84.4 Å². The molecule has 5 rings (SSSR count). The van der Waals surface area contributed by atoms with Crippen molar-refractivity contribution in [3.05, 3.63) is 118 Å². The Morgan fingerprint density at radius 2 is 1.64 bits per heavy atom. The maximum atomic E-state index is 13.6. The summed E-state index contributed by atoms with van der Waals surface area (Å²) in [5, 5.41) is 0.566. The number of halogens is 1. The predicted molar refractivity (Wildman–Crippen MR) is 142 cm³/mol. The number of carbonyl (C=O) groups is 2. The molecular weight excluding hydrogens is 470 g/mol. The van der Waals surface area contributed by atoms with E-state index in [1.807, 2.05) is 73.7 Å². The largest absolute Gasteiger partial charge is 0.465 e. The van der Waals surface area contributed by atoms with Crippen molar-refractivity contribution in [3.63, 3.8) is 0 Å². The monoisotopic (exact) mass is 497 g/mol. The van der Waals surface area contributed by atoms with Crippen molar-refractivity contribution < 1.29 is 14.3 Å². The molecule has 0 spiro atoms. The second-order valence-electron chi connectivity index (χ2n) is 9.47. The van der Waals surface area contributed by atoms with E-state index in [0.29, 0.717) is 35.6 Å². The molecule has 0 fully saturated rings. The SMILES string of the molecule is CC1=NC2=C(C(=O)C[C@H](c3ccccc3)C2)[C@@H](c2cccc(Cl)c2)C1C(=O)OCCc1ccccc1. The lowest BCUT2D eigenvalue weighted by atomic mass is 9.69. The third kappa shape index (κ3) is 5.05. The van der Waals surface area contributed by atoms with Gasteiger partial charge in [-0.15, -0.1) is 0 Å². The highest BCUT2D eigenvalue weighted by molar-refractivity contribution is 6.30. The highest BCUT2D eigenvalue weighted by Gasteiger charge is 2.44. The van der Waals surface area contributed by atoms with E-state index < -0.39 is 11.8 Å². The highest BCUT2D eigenvalue weighted by Crippen LogP contribution is 2.47. The number of hydrogen-bond acceptors (Lipinski definition) is 4. The number of ether oxygens (including phenoxy) is 1. The number of rotatable bonds is 6. The van der Waals surface area contributed by atoms with E-state index in [2.05, 4.69) is 12.1 Å². The van der Waals surface area contributed by atoms with Crippen LogP contribution < -0.4 is 0 Å². The van der Waals surface area contributed by atoms with Crippen LogP contribution in [0.5, 0.6) is 0 Å². The molecule has 1 unspecified atom stereocenters. The quantitative estimate of drug-likeness (QED) is 0.356. The Kier molecular flexibility index (Phi) is 7.15. The molecule has 0 radical (unpaired) electrons. The highest BCUT2D eigenvalue weighted by atomic mass is 35.5. The minimum Gasteiger partial charge on any atom is -0.465 e. The lowest BCUT2D eigenvalue weighted by Crippen LogP contribution is -2.38. The second kappa shape index (κ2) is 10.6. The number of hydrogen-bond donors (Lipinski definition) is 0. The van der Waals surface area contributed by atoms with Crippen LogP contribution >= 0.6 is 11.6 Å². The molecule has 0 N–H and O–H groups in total. The molecule has 2 aliphatic rings. The first-order valence-corrected chi connectivity index (χ1v) is 12.7. The van der Waals surface area contributed by atoms with Crippen LogP contribution in [0.25, 0.3) is 0 Å². The van der Waals surface area contributed by atoms with E-state index in [4.69, 9.17) is 21.3 Å². The molecule has 0 saturated carbocycles. The molecule has 0 saturated heterocycles. The number of benzene rings is 3. The Balaban J connectivity index is 1.46. The van der Waals surface area contributed by atoms with Gasteiger partial charge in [0.25, 0.3) is 0 Å². The van der Waals surface area contributed by atoms with Crippen molar-refractivity contribution in [2.75, 3.05) is 6.61 Å². The number of carbonyl (C=O) groups excluding carboxylic acids is 2. The Labute approximate surface area is 216 Å². The summed E-state index contributed by atoms with van der Waals surface area (Å²) in [7, 11) is 0. The summed E-state index contributed by atoms with van der Waals surface area (Å²) in [6.45, 7) is 2.13. The number of esters is 1. The molecule has 3 aromatic rings. The van der Waals surface area contributed by atoms with E-state index >= 15 is 0 Å². The summed E-state index contributed by atoms with van der Waals surface area (Å²) in [6, 6.07) is 27.4. The second-order valence-corrected chi connectivity index (χ2v) is 9.90. The van der Waals surface area contributed by atoms with Crippen LogP contribution in [0.1, 0.15) is 48.3 Å². The van der Waals surface area contributed by atoms with Gasteiger partial charge in [-0.05, 0) is 48.1 Å². The van der Waals surface area contributed by atoms with Gasteiger partial charge < -0.3 is 4.74 Å². The van der Waals surface area contributed by atoms with Crippen LogP contribution in [-0.4, -0.2) is 24.1 Å². The molecule has 182 valence electrons. The molecule has 1 aliphatic heterocycles. The van der Waals surface area contributed by atoms with E-state index in [9.17, 15) is 9.59 Å². The Hall–Kier alpha value is -3.50. The first kappa shape index (κ1) is 24.2. The third-order valence-electron chi connectivity index (χ3n) is 7.10. The smallest absolute Gasteiger partial charge is 0.315 e. The molecule has 0 aromatic heterocycles. The van der Waals surface area contributed by atoms with Gasteiger partial charge in [0.05, 0.1) is 6.61 Å². The Bertz CT molecular complexity index is 1330. The molecule has 4 nitrogen and oxygen atoms in total. The topological polar surface area (TPSA) is 55.7 Å². The number of ketones is 1. The van der Waals surface area contributed by atoms with Gasteiger partial charge in [0.15, 0.2) is 5.78 Å². The fraction of sp³-hybridized carbons (Fsp3) is 0.258. The lowest BCUT2D eigenvalue weighted by molar-refractivity contribution is -0.146. The van der Waals surface area contributed by atoms with Crippen molar-refractivity contribution in [2.45, 2.75) is 38.0 Å². The van der Waals surface area contributed by atoms with E-state index in [1.165, 1.54) is 0 Å². The average molecular weight is 498 g/mol. The summed E-state index contributed by atoms with van der Waals surface area (Å²) in [6.07, 6.45) is 1.68. The third-order valence-corrected chi connectivity index (χ3v) is 7.33.